The van der Waals surface area contributed by atoms with Crippen molar-refractivity contribution in [3.05, 3.63) is 0 Å². The van der Waals surface area contributed by atoms with E-state index in [4.69, 9.17) is 9.47 Å². The zero-order valence-corrected chi connectivity index (χ0v) is 11.6. The minimum Gasteiger partial charge on any atom is -0.393 e. The highest BCUT2D eigenvalue weighted by Gasteiger charge is 2.38. The molecule has 0 saturated carbocycles. The molecule has 0 aromatic carbocycles. The molecule has 0 aromatic rings. The molecule has 1 N–H and O–H groups in total. The number of rotatable bonds is 11. The van der Waals surface area contributed by atoms with Gasteiger partial charge in [0.15, 0.2) is 0 Å². The van der Waals surface area contributed by atoms with Gasteiger partial charge in [-0.3, -0.25) is 0 Å². The molecule has 0 aliphatic carbocycles. The number of aliphatic hydroxyl groups excluding tert-OH is 1. The van der Waals surface area contributed by atoms with E-state index in [0.717, 1.165) is 25.9 Å². The monoisotopic (exact) mass is 256 g/mol. The summed E-state index contributed by atoms with van der Waals surface area (Å²) in [6.07, 6.45) is 11.7. The number of ether oxygens (including phenoxy) is 2. The smallest absolute Gasteiger partial charge is 0.0842 e. The van der Waals surface area contributed by atoms with Gasteiger partial charge in [-0.05, 0) is 19.3 Å². The minimum atomic E-state index is -0.188. The van der Waals surface area contributed by atoms with Crippen LogP contribution in [0.5, 0.6) is 0 Å². The second kappa shape index (κ2) is 7.46. The van der Waals surface area contributed by atoms with Crippen LogP contribution in [-0.2, 0) is 9.47 Å². The third-order valence-corrected chi connectivity index (χ3v) is 4.00. The van der Waals surface area contributed by atoms with Gasteiger partial charge >= 0.3 is 0 Å². The van der Waals surface area contributed by atoms with E-state index < -0.39 is 0 Å². The van der Waals surface area contributed by atoms with Crippen LogP contribution in [0.2, 0.25) is 0 Å². The van der Waals surface area contributed by atoms with Gasteiger partial charge in [-0.1, -0.05) is 39.0 Å². The maximum Gasteiger partial charge on any atom is 0.0842 e. The van der Waals surface area contributed by atoms with Gasteiger partial charge < -0.3 is 14.6 Å². The maximum atomic E-state index is 9.76. The van der Waals surface area contributed by atoms with Gasteiger partial charge in [-0.2, -0.15) is 0 Å². The molecule has 0 radical (unpaired) electrons. The molecule has 2 rings (SSSR count). The Morgan fingerprint density at radius 3 is 2.56 bits per heavy atom. The van der Waals surface area contributed by atoms with Crippen molar-refractivity contribution in [3.63, 3.8) is 0 Å². The van der Waals surface area contributed by atoms with Crippen molar-refractivity contribution >= 4 is 0 Å². The normalized spacial score (nSPS) is 31.3. The summed E-state index contributed by atoms with van der Waals surface area (Å²) < 4.78 is 10.8. The molecule has 3 nitrogen and oxygen atoms in total. The Morgan fingerprint density at radius 1 is 1.11 bits per heavy atom. The van der Waals surface area contributed by atoms with Gasteiger partial charge in [0, 0.05) is 6.42 Å². The predicted octanol–water partition coefficient (Wildman–Crippen LogP) is 3.04. The van der Waals surface area contributed by atoms with Crippen LogP contribution in [0.15, 0.2) is 0 Å². The van der Waals surface area contributed by atoms with E-state index >= 15 is 0 Å². The lowest BCUT2D eigenvalue weighted by Gasteiger charge is -2.06. The Labute approximate surface area is 111 Å². The molecule has 2 heterocycles. The fourth-order valence-electron chi connectivity index (χ4n) is 2.62. The lowest BCUT2D eigenvalue weighted by Crippen LogP contribution is -2.11. The van der Waals surface area contributed by atoms with Crippen LogP contribution in [0.25, 0.3) is 0 Å². The zero-order valence-electron chi connectivity index (χ0n) is 11.6. The van der Waals surface area contributed by atoms with E-state index in [9.17, 15) is 5.11 Å². The number of hydrogen-bond donors (Lipinski definition) is 1. The second-order valence-electron chi connectivity index (χ2n) is 5.84. The van der Waals surface area contributed by atoms with Crippen LogP contribution in [-0.4, -0.2) is 36.1 Å². The summed E-state index contributed by atoms with van der Waals surface area (Å²) >= 11 is 0. The summed E-state index contributed by atoms with van der Waals surface area (Å²) in [5.74, 6) is 0. The fourth-order valence-corrected chi connectivity index (χ4v) is 2.62. The van der Waals surface area contributed by atoms with Gasteiger partial charge in [0.25, 0.3) is 0 Å². The molecule has 3 heteroatoms. The standard InChI is InChI=1S/C15H28O3/c1-2-3-4-5-6-7-14-15(18-14)9-8-12(16)10-13-11-17-13/h12-16H,2-11H2,1H3. The summed E-state index contributed by atoms with van der Waals surface area (Å²) in [6, 6.07) is 0. The molecule has 0 spiro atoms. The Kier molecular flexibility index (Phi) is 5.93. The first-order chi connectivity index (χ1) is 8.79. The van der Waals surface area contributed by atoms with Crippen molar-refractivity contribution in [3.8, 4) is 0 Å². The SMILES string of the molecule is CCCCCCCC1OC1CCC(O)CC1CO1. The number of hydrogen-bond acceptors (Lipinski definition) is 3. The maximum absolute atomic E-state index is 9.76. The summed E-state index contributed by atoms with van der Waals surface area (Å²) in [6.45, 7) is 3.09. The Morgan fingerprint density at radius 2 is 1.83 bits per heavy atom. The van der Waals surface area contributed by atoms with Crippen LogP contribution in [0.4, 0.5) is 0 Å². The average molecular weight is 256 g/mol. The first kappa shape index (κ1) is 14.3. The molecule has 4 atom stereocenters. The first-order valence-corrected chi connectivity index (χ1v) is 7.74. The Bertz CT molecular complexity index is 228. The predicted molar refractivity (Wildman–Crippen MR) is 71.6 cm³/mol. The van der Waals surface area contributed by atoms with Crippen LogP contribution in [0.1, 0.15) is 64.7 Å². The van der Waals surface area contributed by atoms with Crippen molar-refractivity contribution in [1.29, 1.82) is 0 Å². The Hall–Kier alpha value is -0.120. The molecule has 0 aromatic heterocycles. The topological polar surface area (TPSA) is 45.3 Å². The van der Waals surface area contributed by atoms with Crippen molar-refractivity contribution < 1.29 is 14.6 Å². The molecular weight excluding hydrogens is 228 g/mol. The van der Waals surface area contributed by atoms with E-state index in [1.165, 1.54) is 38.5 Å². The van der Waals surface area contributed by atoms with E-state index in [0.29, 0.717) is 18.3 Å². The summed E-state index contributed by atoms with van der Waals surface area (Å²) in [4.78, 5) is 0. The Balaban J connectivity index is 1.40. The number of unbranched alkanes of at least 4 members (excludes halogenated alkanes) is 4. The largest absolute Gasteiger partial charge is 0.393 e. The first-order valence-electron chi connectivity index (χ1n) is 7.74. The van der Waals surface area contributed by atoms with Crippen molar-refractivity contribution in [2.75, 3.05) is 6.61 Å². The molecule has 2 aliphatic heterocycles. The summed E-state index contributed by atoms with van der Waals surface area (Å²) in [7, 11) is 0. The quantitative estimate of drug-likeness (QED) is 0.456. The molecule has 0 amide bonds. The van der Waals surface area contributed by atoms with E-state index in [1.54, 1.807) is 0 Å². The van der Waals surface area contributed by atoms with E-state index in [2.05, 4.69) is 6.92 Å². The molecule has 18 heavy (non-hydrogen) atoms. The van der Waals surface area contributed by atoms with Crippen molar-refractivity contribution in [1.82, 2.24) is 0 Å². The molecule has 2 aliphatic rings. The molecule has 2 saturated heterocycles. The van der Waals surface area contributed by atoms with Crippen LogP contribution >= 0.6 is 0 Å². The molecule has 0 bridgehead atoms. The lowest BCUT2D eigenvalue weighted by atomic mass is 10.0. The second-order valence-corrected chi connectivity index (χ2v) is 5.84. The van der Waals surface area contributed by atoms with Gasteiger partial charge in [-0.25, -0.2) is 0 Å². The minimum absolute atomic E-state index is 0.188. The molecular formula is C15H28O3. The number of aliphatic hydroxyl groups is 1. The fraction of sp³-hybridized carbons (Fsp3) is 1.00. The molecule has 2 fully saturated rings. The van der Waals surface area contributed by atoms with E-state index in [-0.39, 0.29) is 6.10 Å². The summed E-state index contributed by atoms with van der Waals surface area (Å²) in [5, 5.41) is 9.76. The highest BCUT2D eigenvalue weighted by molar-refractivity contribution is 4.85. The third kappa shape index (κ3) is 5.68. The van der Waals surface area contributed by atoms with Gasteiger partial charge in [0.05, 0.1) is 31.0 Å². The van der Waals surface area contributed by atoms with E-state index in [1.807, 2.05) is 0 Å². The van der Waals surface area contributed by atoms with Crippen molar-refractivity contribution in [2.45, 2.75) is 89.1 Å². The van der Waals surface area contributed by atoms with Gasteiger partial charge in [-0.15, -0.1) is 0 Å². The van der Waals surface area contributed by atoms with Crippen LogP contribution < -0.4 is 0 Å². The molecule has 4 unspecified atom stereocenters. The van der Waals surface area contributed by atoms with Gasteiger partial charge in [0.2, 0.25) is 0 Å². The van der Waals surface area contributed by atoms with Crippen LogP contribution in [0, 0.1) is 0 Å². The third-order valence-electron chi connectivity index (χ3n) is 4.00. The zero-order chi connectivity index (χ0) is 12.8. The highest BCUT2D eigenvalue weighted by Crippen LogP contribution is 2.32. The van der Waals surface area contributed by atoms with Gasteiger partial charge in [0.1, 0.15) is 0 Å². The highest BCUT2D eigenvalue weighted by atomic mass is 16.6. The molecule has 106 valence electrons. The van der Waals surface area contributed by atoms with Crippen LogP contribution in [0.3, 0.4) is 0 Å². The average Bonchev–Trinajstić information content (AvgIpc) is 3.23. The lowest BCUT2D eigenvalue weighted by molar-refractivity contribution is 0.137. The summed E-state index contributed by atoms with van der Waals surface area (Å²) in [5.41, 5.74) is 0. The number of epoxide rings is 2. The van der Waals surface area contributed by atoms with Crippen molar-refractivity contribution in [2.24, 2.45) is 0 Å².